The van der Waals surface area contributed by atoms with E-state index in [1.165, 1.54) is 0 Å². The van der Waals surface area contributed by atoms with Crippen LogP contribution in [0.15, 0.2) is 18.5 Å². The van der Waals surface area contributed by atoms with Gasteiger partial charge in [-0.2, -0.15) is 0 Å². The van der Waals surface area contributed by atoms with Crippen molar-refractivity contribution in [1.29, 1.82) is 0 Å². The van der Waals surface area contributed by atoms with E-state index in [0.29, 0.717) is 12.3 Å². The number of nitrogens with zero attached hydrogens (tertiary/aromatic N) is 1. The van der Waals surface area contributed by atoms with Gasteiger partial charge in [-0.25, -0.2) is 0 Å². The Labute approximate surface area is 71.5 Å². The number of aromatic nitrogens is 1. The topological polar surface area (TPSA) is 74.2 Å². The highest BCUT2D eigenvalue weighted by Crippen LogP contribution is 2.11. The molecule has 0 aromatic carbocycles. The molecule has 0 radical (unpaired) electrons. The zero-order valence-electron chi connectivity index (χ0n) is 7.03. The molecule has 0 aliphatic rings. The van der Waals surface area contributed by atoms with Gasteiger partial charge in [0.1, 0.15) is 0 Å². The molecular weight excluding hydrogens is 154 g/mol. The summed E-state index contributed by atoms with van der Waals surface area (Å²) in [6, 6.07) is 1.66. The maximum absolute atomic E-state index is 5.75. The van der Waals surface area contributed by atoms with Crippen molar-refractivity contribution in [2.75, 3.05) is 19.5 Å². The Morgan fingerprint density at radius 1 is 1.58 bits per heavy atom. The van der Waals surface area contributed by atoms with Gasteiger partial charge in [0.25, 0.3) is 0 Å². The summed E-state index contributed by atoms with van der Waals surface area (Å²) in [6.45, 7) is 0.477. The van der Waals surface area contributed by atoms with Crippen molar-refractivity contribution in [1.82, 2.24) is 4.98 Å². The molecular formula is C8H13N3O. The van der Waals surface area contributed by atoms with Crippen LogP contribution in [0.2, 0.25) is 0 Å². The van der Waals surface area contributed by atoms with Crippen molar-refractivity contribution in [3.63, 3.8) is 0 Å². The number of nitrogen functional groups attached to an aromatic ring is 1. The first kappa shape index (κ1) is 8.96. The number of hydrogen-bond acceptors (Lipinski definition) is 4. The molecule has 4 heteroatoms. The molecule has 0 spiro atoms. The fraction of sp³-hybridized carbons (Fsp3) is 0.375. The maximum atomic E-state index is 5.75. The molecule has 12 heavy (non-hydrogen) atoms. The van der Waals surface area contributed by atoms with E-state index in [-0.39, 0.29) is 6.04 Å². The van der Waals surface area contributed by atoms with Gasteiger partial charge in [-0.3, -0.25) is 4.98 Å². The minimum absolute atomic E-state index is 0.147. The van der Waals surface area contributed by atoms with Crippen LogP contribution in [-0.2, 0) is 4.74 Å². The van der Waals surface area contributed by atoms with Crippen LogP contribution < -0.4 is 11.5 Å². The summed E-state index contributed by atoms with van der Waals surface area (Å²) in [7, 11) is 1.61. The van der Waals surface area contributed by atoms with Crippen molar-refractivity contribution < 1.29 is 4.74 Å². The second-order valence-corrected chi connectivity index (χ2v) is 2.61. The molecule has 0 aliphatic heterocycles. The van der Waals surface area contributed by atoms with E-state index < -0.39 is 0 Å². The minimum Gasteiger partial charge on any atom is -0.397 e. The molecule has 0 fully saturated rings. The monoisotopic (exact) mass is 167 g/mol. The summed E-state index contributed by atoms with van der Waals surface area (Å²) in [5.74, 6) is 0. The van der Waals surface area contributed by atoms with Crippen molar-refractivity contribution in [3.8, 4) is 0 Å². The van der Waals surface area contributed by atoms with Crippen LogP contribution >= 0.6 is 0 Å². The number of methoxy groups -OCH3 is 1. The number of rotatable bonds is 3. The van der Waals surface area contributed by atoms with E-state index in [1.807, 2.05) is 0 Å². The van der Waals surface area contributed by atoms with E-state index in [0.717, 1.165) is 5.56 Å². The maximum Gasteiger partial charge on any atom is 0.0656 e. The molecule has 1 aromatic rings. The van der Waals surface area contributed by atoms with Gasteiger partial charge in [0, 0.05) is 19.5 Å². The zero-order chi connectivity index (χ0) is 8.97. The lowest BCUT2D eigenvalue weighted by molar-refractivity contribution is 0.181. The van der Waals surface area contributed by atoms with Crippen LogP contribution in [0.5, 0.6) is 0 Å². The predicted molar refractivity (Wildman–Crippen MR) is 47.5 cm³/mol. The molecule has 0 bridgehead atoms. The highest BCUT2D eigenvalue weighted by atomic mass is 16.5. The van der Waals surface area contributed by atoms with E-state index in [2.05, 4.69) is 4.98 Å². The van der Waals surface area contributed by atoms with Crippen LogP contribution in [0.3, 0.4) is 0 Å². The first-order chi connectivity index (χ1) is 5.74. The second kappa shape index (κ2) is 4.04. The number of nitrogens with two attached hydrogens (primary N) is 2. The third-order valence-electron chi connectivity index (χ3n) is 1.55. The quantitative estimate of drug-likeness (QED) is 0.679. The number of hydrogen-bond donors (Lipinski definition) is 2. The minimum atomic E-state index is -0.147. The average Bonchev–Trinajstić information content (AvgIpc) is 2.05. The molecule has 0 unspecified atom stereocenters. The van der Waals surface area contributed by atoms with E-state index >= 15 is 0 Å². The standard InChI is InChI=1S/C8H13N3O/c1-12-5-8(10)6-2-7(9)4-11-3-6/h2-4,8H,5,9-10H2,1H3/t8-/m0/s1. The average molecular weight is 167 g/mol. The predicted octanol–water partition coefficient (Wildman–Crippen LogP) is 0.310. The van der Waals surface area contributed by atoms with Crippen molar-refractivity contribution >= 4 is 5.69 Å². The third kappa shape index (κ3) is 2.18. The number of pyridine rings is 1. The Balaban J connectivity index is 2.73. The van der Waals surface area contributed by atoms with Gasteiger partial charge in [-0.05, 0) is 11.6 Å². The summed E-state index contributed by atoms with van der Waals surface area (Å²) in [4.78, 5) is 3.93. The van der Waals surface area contributed by atoms with Gasteiger partial charge in [0.15, 0.2) is 0 Å². The SMILES string of the molecule is COC[C@H](N)c1cncc(N)c1. The van der Waals surface area contributed by atoms with Crippen molar-refractivity contribution in [3.05, 3.63) is 24.0 Å². The normalized spacial score (nSPS) is 12.8. The van der Waals surface area contributed by atoms with Crippen LogP contribution in [0.4, 0.5) is 5.69 Å². The Bertz CT molecular complexity index is 252. The van der Waals surface area contributed by atoms with Crippen LogP contribution in [0.1, 0.15) is 11.6 Å². The summed E-state index contributed by atoms with van der Waals surface area (Å²) in [6.07, 6.45) is 3.28. The van der Waals surface area contributed by atoms with Gasteiger partial charge in [-0.15, -0.1) is 0 Å². The summed E-state index contributed by atoms with van der Waals surface area (Å²) in [5, 5.41) is 0. The first-order valence-corrected chi connectivity index (χ1v) is 3.69. The Kier molecular flexibility index (Phi) is 3.01. The third-order valence-corrected chi connectivity index (χ3v) is 1.55. The van der Waals surface area contributed by atoms with Gasteiger partial charge >= 0.3 is 0 Å². The van der Waals surface area contributed by atoms with Crippen molar-refractivity contribution in [2.45, 2.75) is 6.04 Å². The largest absolute Gasteiger partial charge is 0.397 e. The molecule has 1 rings (SSSR count). The zero-order valence-corrected chi connectivity index (χ0v) is 7.03. The van der Waals surface area contributed by atoms with Crippen molar-refractivity contribution in [2.24, 2.45) is 5.73 Å². The summed E-state index contributed by atoms with van der Waals surface area (Å²) < 4.78 is 4.90. The number of anilines is 1. The van der Waals surface area contributed by atoms with E-state index in [9.17, 15) is 0 Å². The summed E-state index contributed by atoms with van der Waals surface area (Å²) in [5.41, 5.74) is 12.8. The lowest BCUT2D eigenvalue weighted by Gasteiger charge is -2.09. The highest BCUT2D eigenvalue weighted by molar-refractivity contribution is 5.38. The molecule has 66 valence electrons. The lowest BCUT2D eigenvalue weighted by Crippen LogP contribution is -2.16. The van der Waals surface area contributed by atoms with E-state index in [1.54, 1.807) is 25.6 Å². The smallest absolute Gasteiger partial charge is 0.0656 e. The fourth-order valence-corrected chi connectivity index (χ4v) is 0.955. The van der Waals surface area contributed by atoms with Crippen LogP contribution in [0, 0.1) is 0 Å². The molecule has 0 amide bonds. The Morgan fingerprint density at radius 2 is 2.33 bits per heavy atom. The molecule has 1 atom stereocenters. The van der Waals surface area contributed by atoms with Gasteiger partial charge < -0.3 is 16.2 Å². The molecule has 1 heterocycles. The van der Waals surface area contributed by atoms with Gasteiger partial charge in [0.05, 0.1) is 18.3 Å². The fourth-order valence-electron chi connectivity index (χ4n) is 0.955. The highest BCUT2D eigenvalue weighted by Gasteiger charge is 2.04. The van der Waals surface area contributed by atoms with Crippen LogP contribution in [-0.4, -0.2) is 18.7 Å². The molecule has 0 saturated heterocycles. The molecule has 1 aromatic heterocycles. The first-order valence-electron chi connectivity index (χ1n) is 3.69. The second-order valence-electron chi connectivity index (χ2n) is 2.61. The van der Waals surface area contributed by atoms with E-state index in [4.69, 9.17) is 16.2 Å². The van der Waals surface area contributed by atoms with Crippen LogP contribution in [0.25, 0.3) is 0 Å². The lowest BCUT2D eigenvalue weighted by atomic mass is 10.1. The number of ether oxygens (including phenoxy) is 1. The van der Waals surface area contributed by atoms with Gasteiger partial charge in [0.2, 0.25) is 0 Å². The Morgan fingerprint density at radius 3 is 2.92 bits per heavy atom. The Hall–Kier alpha value is -1.13. The molecule has 0 aliphatic carbocycles. The molecule has 4 nitrogen and oxygen atoms in total. The summed E-state index contributed by atoms with van der Waals surface area (Å²) >= 11 is 0. The molecule has 4 N–H and O–H groups in total. The molecule has 0 saturated carbocycles. The van der Waals surface area contributed by atoms with Gasteiger partial charge in [-0.1, -0.05) is 0 Å².